The van der Waals surface area contributed by atoms with Crippen LogP contribution in [0.4, 0.5) is 0 Å². The molecular weight excluding hydrogens is 280 g/mol. The average Bonchev–Trinajstić information content (AvgIpc) is 2.71. The van der Waals surface area contributed by atoms with Crippen LogP contribution in [-0.2, 0) is 19.1 Å². The monoisotopic (exact) mass is 302 g/mol. The van der Waals surface area contributed by atoms with Crippen molar-refractivity contribution in [3.8, 4) is 0 Å². The summed E-state index contributed by atoms with van der Waals surface area (Å²) in [5.74, 6) is -1.56. The lowest BCUT2D eigenvalue weighted by atomic mass is 9.95. The van der Waals surface area contributed by atoms with Crippen LogP contribution >= 0.6 is 0 Å². The largest absolute Gasteiger partial charge is 0.462 e. The predicted octanol–water partition coefficient (Wildman–Crippen LogP) is 3.46. The van der Waals surface area contributed by atoms with Crippen LogP contribution in [0.15, 0.2) is 29.8 Å². The molecule has 0 saturated heterocycles. The van der Waals surface area contributed by atoms with E-state index in [4.69, 9.17) is 9.47 Å². The number of fused-ring (bicyclic) bond motifs is 1. The van der Waals surface area contributed by atoms with Crippen molar-refractivity contribution in [2.75, 3.05) is 0 Å². The van der Waals surface area contributed by atoms with E-state index in [1.54, 1.807) is 27.7 Å². The first-order valence-electron chi connectivity index (χ1n) is 7.54. The van der Waals surface area contributed by atoms with E-state index in [1.165, 1.54) is 0 Å². The van der Waals surface area contributed by atoms with Crippen LogP contribution in [0.25, 0.3) is 5.57 Å². The highest BCUT2D eigenvalue weighted by Gasteiger charge is 2.40. The van der Waals surface area contributed by atoms with Crippen molar-refractivity contribution in [2.45, 2.75) is 52.7 Å². The molecule has 1 aliphatic carbocycles. The van der Waals surface area contributed by atoms with Gasteiger partial charge in [0, 0.05) is 0 Å². The number of benzene rings is 1. The van der Waals surface area contributed by atoms with Crippen molar-refractivity contribution >= 4 is 17.5 Å². The topological polar surface area (TPSA) is 52.6 Å². The molecule has 4 nitrogen and oxygen atoms in total. The molecule has 1 atom stereocenters. The summed E-state index contributed by atoms with van der Waals surface area (Å²) in [6, 6.07) is 7.53. The van der Waals surface area contributed by atoms with Crippen LogP contribution in [0.1, 0.15) is 51.7 Å². The molecule has 0 aromatic heterocycles. The molecule has 0 radical (unpaired) electrons. The van der Waals surface area contributed by atoms with Gasteiger partial charge in [0.2, 0.25) is 0 Å². The first-order chi connectivity index (χ1) is 10.3. The van der Waals surface area contributed by atoms with E-state index in [9.17, 15) is 9.59 Å². The van der Waals surface area contributed by atoms with Gasteiger partial charge in [-0.15, -0.1) is 0 Å². The molecule has 0 saturated carbocycles. The van der Waals surface area contributed by atoms with Crippen LogP contribution in [0.5, 0.6) is 0 Å². The minimum absolute atomic E-state index is 0.233. The van der Waals surface area contributed by atoms with Gasteiger partial charge < -0.3 is 9.47 Å². The molecule has 22 heavy (non-hydrogen) atoms. The lowest BCUT2D eigenvalue weighted by molar-refractivity contribution is -0.151. The van der Waals surface area contributed by atoms with E-state index in [2.05, 4.69) is 0 Å². The van der Waals surface area contributed by atoms with E-state index >= 15 is 0 Å². The van der Waals surface area contributed by atoms with Gasteiger partial charge in [-0.05, 0) is 51.3 Å². The molecule has 0 N–H and O–H groups in total. The third-order valence-electron chi connectivity index (χ3n) is 3.52. The molecule has 0 bridgehead atoms. The van der Waals surface area contributed by atoms with Gasteiger partial charge in [-0.2, -0.15) is 0 Å². The Balaban J connectivity index is 2.46. The Kier molecular flexibility index (Phi) is 4.69. The summed E-state index contributed by atoms with van der Waals surface area (Å²) in [5, 5.41) is 0. The Morgan fingerprint density at radius 2 is 1.59 bits per heavy atom. The molecule has 4 heteroatoms. The summed E-state index contributed by atoms with van der Waals surface area (Å²) in [5.41, 5.74) is 2.89. The van der Waals surface area contributed by atoms with Crippen LogP contribution in [0, 0.1) is 0 Å². The second-order valence-electron chi connectivity index (χ2n) is 6.00. The van der Waals surface area contributed by atoms with Crippen LogP contribution in [-0.4, -0.2) is 24.1 Å². The minimum Gasteiger partial charge on any atom is -0.462 e. The van der Waals surface area contributed by atoms with Gasteiger partial charge in [-0.1, -0.05) is 24.3 Å². The van der Waals surface area contributed by atoms with Gasteiger partial charge in [0.15, 0.2) is 0 Å². The van der Waals surface area contributed by atoms with E-state index < -0.39 is 17.9 Å². The molecule has 0 fully saturated rings. The highest BCUT2D eigenvalue weighted by atomic mass is 16.5. The number of ether oxygens (including phenoxy) is 2. The molecular formula is C18H22O4. The van der Waals surface area contributed by atoms with E-state index in [-0.39, 0.29) is 12.2 Å². The Morgan fingerprint density at radius 1 is 1.00 bits per heavy atom. The molecule has 1 aromatic carbocycles. The third-order valence-corrected chi connectivity index (χ3v) is 3.52. The van der Waals surface area contributed by atoms with Gasteiger partial charge in [0.1, 0.15) is 5.92 Å². The van der Waals surface area contributed by atoms with E-state index in [1.807, 2.05) is 31.2 Å². The summed E-state index contributed by atoms with van der Waals surface area (Å²) in [7, 11) is 0. The zero-order valence-corrected chi connectivity index (χ0v) is 13.7. The number of hydrogen-bond donors (Lipinski definition) is 0. The summed E-state index contributed by atoms with van der Waals surface area (Å²) < 4.78 is 10.7. The second kappa shape index (κ2) is 6.34. The first kappa shape index (κ1) is 16.3. The number of hydrogen-bond acceptors (Lipinski definition) is 4. The Morgan fingerprint density at radius 3 is 2.18 bits per heavy atom. The first-order valence-corrected chi connectivity index (χ1v) is 7.54. The van der Waals surface area contributed by atoms with Gasteiger partial charge in [-0.3, -0.25) is 4.79 Å². The molecule has 1 unspecified atom stereocenters. The van der Waals surface area contributed by atoms with E-state index in [0.717, 1.165) is 16.7 Å². The summed E-state index contributed by atoms with van der Waals surface area (Å²) >= 11 is 0. The molecule has 2 rings (SSSR count). The fourth-order valence-electron chi connectivity index (χ4n) is 2.70. The molecule has 0 aliphatic heterocycles. The van der Waals surface area contributed by atoms with Gasteiger partial charge in [-0.25, -0.2) is 4.79 Å². The zero-order chi connectivity index (χ0) is 16.4. The van der Waals surface area contributed by atoms with Crippen molar-refractivity contribution in [3.05, 3.63) is 41.0 Å². The number of rotatable bonds is 4. The smallest absolute Gasteiger partial charge is 0.335 e. The summed E-state index contributed by atoms with van der Waals surface area (Å²) in [6.07, 6.45) is -0.471. The third kappa shape index (κ3) is 3.06. The number of allylic oxidation sites excluding steroid dienone is 1. The Hall–Kier alpha value is -2.10. The second-order valence-corrected chi connectivity index (χ2v) is 6.00. The van der Waals surface area contributed by atoms with Crippen LogP contribution in [0.2, 0.25) is 0 Å². The predicted molar refractivity (Wildman–Crippen MR) is 84.2 cm³/mol. The minimum atomic E-state index is -0.704. The van der Waals surface area contributed by atoms with Crippen LogP contribution in [0.3, 0.4) is 0 Å². The van der Waals surface area contributed by atoms with Crippen molar-refractivity contribution in [3.63, 3.8) is 0 Å². The van der Waals surface area contributed by atoms with Crippen molar-refractivity contribution in [1.82, 2.24) is 0 Å². The lowest BCUT2D eigenvalue weighted by Gasteiger charge is -2.18. The number of carbonyl (C=O) groups is 2. The molecule has 0 heterocycles. The molecule has 0 amide bonds. The number of esters is 2. The Labute approximate surface area is 131 Å². The van der Waals surface area contributed by atoms with Crippen molar-refractivity contribution < 1.29 is 19.1 Å². The maximum Gasteiger partial charge on any atom is 0.335 e. The van der Waals surface area contributed by atoms with Crippen molar-refractivity contribution in [2.24, 2.45) is 0 Å². The Bertz CT molecular complexity index is 626. The molecule has 0 spiro atoms. The average molecular weight is 302 g/mol. The van der Waals surface area contributed by atoms with Crippen LogP contribution < -0.4 is 0 Å². The fourth-order valence-corrected chi connectivity index (χ4v) is 2.70. The highest BCUT2D eigenvalue weighted by Crippen LogP contribution is 2.43. The lowest BCUT2D eigenvalue weighted by Crippen LogP contribution is -2.25. The summed E-state index contributed by atoms with van der Waals surface area (Å²) in [6.45, 7) is 9.01. The fraction of sp³-hybridized carbons (Fsp3) is 0.444. The van der Waals surface area contributed by atoms with Gasteiger partial charge >= 0.3 is 11.9 Å². The van der Waals surface area contributed by atoms with E-state index in [0.29, 0.717) is 5.57 Å². The normalized spacial score (nSPS) is 17.0. The SMILES string of the molecule is CC1=C(C(=O)OC(C)C)C(C(=O)OC(C)C)c2ccccc21. The highest BCUT2D eigenvalue weighted by molar-refractivity contribution is 6.08. The maximum atomic E-state index is 12.5. The van der Waals surface area contributed by atoms with Gasteiger partial charge in [0.25, 0.3) is 0 Å². The standard InChI is InChI=1S/C18H22O4/c1-10(2)21-17(19)15-12(5)13-8-6-7-9-14(13)16(15)18(20)22-11(3)4/h6-11,16H,1-5H3. The van der Waals surface area contributed by atoms with Crippen molar-refractivity contribution in [1.29, 1.82) is 0 Å². The number of carbonyl (C=O) groups excluding carboxylic acids is 2. The maximum absolute atomic E-state index is 12.5. The zero-order valence-electron chi connectivity index (χ0n) is 13.7. The quantitative estimate of drug-likeness (QED) is 0.799. The van der Waals surface area contributed by atoms with Gasteiger partial charge in [0.05, 0.1) is 17.8 Å². The molecule has 1 aromatic rings. The molecule has 118 valence electrons. The summed E-state index contributed by atoms with van der Waals surface area (Å²) in [4.78, 5) is 24.9. The molecule has 1 aliphatic rings.